The van der Waals surface area contributed by atoms with E-state index in [4.69, 9.17) is 4.74 Å². The van der Waals surface area contributed by atoms with Gasteiger partial charge in [0.25, 0.3) is 0 Å². The second-order valence-corrected chi connectivity index (χ2v) is 5.18. The van der Waals surface area contributed by atoms with Crippen molar-refractivity contribution in [1.82, 2.24) is 9.97 Å². The summed E-state index contributed by atoms with van der Waals surface area (Å²) in [5, 5.41) is 6.33. The molecule has 0 amide bonds. The van der Waals surface area contributed by atoms with Gasteiger partial charge in [-0.25, -0.2) is 9.78 Å². The lowest BCUT2D eigenvalue weighted by Gasteiger charge is -2.09. The molecule has 0 saturated heterocycles. The van der Waals surface area contributed by atoms with Crippen LogP contribution in [-0.4, -0.2) is 22.5 Å². The molecule has 3 aromatic rings. The number of ether oxygens (including phenoxy) is 1. The molecule has 6 heteroatoms. The molecule has 0 fully saturated rings. The molecule has 3 rings (SSSR count). The van der Waals surface area contributed by atoms with E-state index < -0.39 is 0 Å². The summed E-state index contributed by atoms with van der Waals surface area (Å²) in [5.41, 5.74) is 2.24. The van der Waals surface area contributed by atoms with E-state index in [0.29, 0.717) is 23.9 Å². The van der Waals surface area contributed by atoms with Gasteiger partial charge in [0, 0.05) is 17.6 Å². The van der Waals surface area contributed by atoms with Crippen molar-refractivity contribution in [2.75, 3.05) is 17.2 Å². The van der Waals surface area contributed by atoms with E-state index in [9.17, 15) is 4.79 Å². The molecule has 0 radical (unpaired) electrons. The Balaban J connectivity index is 1.68. The van der Waals surface area contributed by atoms with Gasteiger partial charge in [-0.05, 0) is 49.4 Å². The van der Waals surface area contributed by atoms with Crippen molar-refractivity contribution in [2.24, 2.45) is 0 Å². The summed E-state index contributed by atoms with van der Waals surface area (Å²) in [4.78, 5) is 20.3. The Morgan fingerprint density at radius 2 is 1.68 bits per heavy atom. The minimum atomic E-state index is -0.334. The predicted octanol–water partition coefficient (Wildman–Crippen LogP) is 4.14. The summed E-state index contributed by atoms with van der Waals surface area (Å²) in [5.74, 6) is 0.816. The maximum absolute atomic E-state index is 11.7. The highest BCUT2D eigenvalue weighted by Gasteiger charge is 2.06. The number of nitrogens with zero attached hydrogens (tertiary/aromatic N) is 2. The molecule has 0 atom stereocenters. The van der Waals surface area contributed by atoms with Crippen LogP contribution in [-0.2, 0) is 4.74 Å². The number of benzene rings is 2. The molecular formula is C19H18N4O2. The first-order chi connectivity index (χ1) is 12.2. The Bertz CT molecular complexity index is 836. The normalized spacial score (nSPS) is 10.1. The van der Waals surface area contributed by atoms with Crippen molar-refractivity contribution >= 4 is 29.1 Å². The molecule has 0 aliphatic rings. The highest BCUT2D eigenvalue weighted by Crippen LogP contribution is 2.18. The number of hydrogen-bond acceptors (Lipinski definition) is 6. The number of carbonyl (C=O) groups excluding carboxylic acids is 1. The van der Waals surface area contributed by atoms with E-state index >= 15 is 0 Å². The molecule has 0 spiro atoms. The first-order valence-electron chi connectivity index (χ1n) is 7.94. The van der Waals surface area contributed by atoms with Crippen LogP contribution < -0.4 is 10.6 Å². The number of nitrogens with one attached hydrogen (secondary N) is 2. The van der Waals surface area contributed by atoms with Gasteiger partial charge in [-0.3, -0.25) is 0 Å². The van der Waals surface area contributed by atoms with Gasteiger partial charge in [-0.1, -0.05) is 18.2 Å². The summed E-state index contributed by atoms with van der Waals surface area (Å²) in [6.07, 6.45) is 1.67. The van der Waals surface area contributed by atoms with Crippen LogP contribution in [0.15, 0.2) is 66.9 Å². The average molecular weight is 334 g/mol. The molecule has 0 unspecified atom stereocenters. The highest BCUT2D eigenvalue weighted by atomic mass is 16.5. The van der Waals surface area contributed by atoms with Gasteiger partial charge in [-0.2, -0.15) is 4.98 Å². The highest BCUT2D eigenvalue weighted by molar-refractivity contribution is 5.89. The number of carbonyl (C=O) groups is 1. The fourth-order valence-electron chi connectivity index (χ4n) is 2.19. The largest absolute Gasteiger partial charge is 0.462 e. The molecular weight excluding hydrogens is 316 g/mol. The second kappa shape index (κ2) is 7.92. The summed E-state index contributed by atoms with van der Waals surface area (Å²) >= 11 is 0. The first kappa shape index (κ1) is 16.4. The topological polar surface area (TPSA) is 76.1 Å². The van der Waals surface area contributed by atoms with Crippen LogP contribution in [0, 0.1) is 0 Å². The molecule has 2 N–H and O–H groups in total. The third-order valence-corrected chi connectivity index (χ3v) is 3.35. The molecule has 25 heavy (non-hydrogen) atoms. The van der Waals surface area contributed by atoms with Crippen LogP contribution in [0.5, 0.6) is 0 Å². The quantitative estimate of drug-likeness (QED) is 0.660. The summed E-state index contributed by atoms with van der Waals surface area (Å²) in [6, 6.07) is 18.5. The van der Waals surface area contributed by atoms with Gasteiger partial charge in [0.05, 0.1) is 12.2 Å². The molecule has 1 heterocycles. The van der Waals surface area contributed by atoms with E-state index in [1.54, 1.807) is 43.5 Å². The zero-order valence-electron chi connectivity index (χ0n) is 13.8. The van der Waals surface area contributed by atoms with Gasteiger partial charge < -0.3 is 15.4 Å². The molecule has 1 aromatic heterocycles. The van der Waals surface area contributed by atoms with E-state index in [-0.39, 0.29) is 5.97 Å². The standard InChI is InChI=1S/C19H18N4O2/c1-2-25-18(24)14-8-10-16(11-9-14)22-19-20-13-12-17(23-19)21-15-6-4-3-5-7-15/h3-13H,2H2,1H3,(H2,20,21,22,23). The summed E-state index contributed by atoms with van der Waals surface area (Å²) < 4.78 is 4.97. The Hall–Kier alpha value is -3.41. The Morgan fingerprint density at radius 1 is 0.960 bits per heavy atom. The minimum Gasteiger partial charge on any atom is -0.462 e. The van der Waals surface area contributed by atoms with Crippen LogP contribution >= 0.6 is 0 Å². The Kier molecular flexibility index (Phi) is 5.21. The smallest absolute Gasteiger partial charge is 0.338 e. The van der Waals surface area contributed by atoms with E-state index in [1.165, 1.54) is 0 Å². The maximum atomic E-state index is 11.7. The van der Waals surface area contributed by atoms with E-state index in [0.717, 1.165) is 11.4 Å². The second-order valence-electron chi connectivity index (χ2n) is 5.18. The van der Waals surface area contributed by atoms with Crippen molar-refractivity contribution in [3.05, 3.63) is 72.4 Å². The van der Waals surface area contributed by atoms with Gasteiger partial charge in [-0.15, -0.1) is 0 Å². The number of rotatable bonds is 6. The van der Waals surface area contributed by atoms with Crippen molar-refractivity contribution in [2.45, 2.75) is 6.92 Å². The van der Waals surface area contributed by atoms with Crippen LogP contribution in [0.2, 0.25) is 0 Å². The molecule has 0 aliphatic carbocycles. The lowest BCUT2D eigenvalue weighted by Crippen LogP contribution is -2.04. The lowest BCUT2D eigenvalue weighted by atomic mass is 10.2. The average Bonchev–Trinajstić information content (AvgIpc) is 2.64. The predicted molar refractivity (Wildman–Crippen MR) is 97.4 cm³/mol. The SMILES string of the molecule is CCOC(=O)c1ccc(Nc2nccc(Nc3ccccc3)n2)cc1. The van der Waals surface area contributed by atoms with Gasteiger partial charge in [0.1, 0.15) is 5.82 Å². The van der Waals surface area contributed by atoms with Crippen molar-refractivity contribution in [1.29, 1.82) is 0 Å². The van der Waals surface area contributed by atoms with Crippen LogP contribution in [0.4, 0.5) is 23.1 Å². The lowest BCUT2D eigenvalue weighted by molar-refractivity contribution is 0.0526. The fraction of sp³-hybridized carbons (Fsp3) is 0.105. The van der Waals surface area contributed by atoms with Crippen molar-refractivity contribution in [3.8, 4) is 0 Å². The summed E-state index contributed by atoms with van der Waals surface area (Å²) in [7, 11) is 0. The minimum absolute atomic E-state index is 0.334. The zero-order chi connectivity index (χ0) is 17.5. The molecule has 0 bridgehead atoms. The van der Waals surface area contributed by atoms with Gasteiger partial charge in [0.2, 0.25) is 5.95 Å². The van der Waals surface area contributed by atoms with Crippen LogP contribution in [0.1, 0.15) is 17.3 Å². The zero-order valence-corrected chi connectivity index (χ0v) is 13.8. The number of esters is 1. The Morgan fingerprint density at radius 3 is 2.40 bits per heavy atom. The molecule has 2 aromatic carbocycles. The molecule has 126 valence electrons. The third kappa shape index (κ3) is 4.54. The van der Waals surface area contributed by atoms with Crippen LogP contribution in [0.3, 0.4) is 0 Å². The van der Waals surface area contributed by atoms with E-state index in [2.05, 4.69) is 20.6 Å². The van der Waals surface area contributed by atoms with Crippen LogP contribution in [0.25, 0.3) is 0 Å². The number of anilines is 4. The number of aromatic nitrogens is 2. The maximum Gasteiger partial charge on any atom is 0.338 e. The molecule has 0 saturated carbocycles. The first-order valence-corrected chi connectivity index (χ1v) is 7.94. The van der Waals surface area contributed by atoms with Gasteiger partial charge in [0.15, 0.2) is 0 Å². The number of hydrogen-bond donors (Lipinski definition) is 2. The van der Waals surface area contributed by atoms with Gasteiger partial charge >= 0.3 is 5.97 Å². The van der Waals surface area contributed by atoms with Crippen molar-refractivity contribution < 1.29 is 9.53 Å². The monoisotopic (exact) mass is 334 g/mol. The Labute approximate surface area is 145 Å². The van der Waals surface area contributed by atoms with Crippen molar-refractivity contribution in [3.63, 3.8) is 0 Å². The fourth-order valence-corrected chi connectivity index (χ4v) is 2.19. The third-order valence-electron chi connectivity index (χ3n) is 3.35. The number of para-hydroxylation sites is 1. The van der Waals surface area contributed by atoms with E-state index in [1.807, 2.05) is 30.3 Å². The summed E-state index contributed by atoms with van der Waals surface area (Å²) in [6.45, 7) is 2.13. The molecule has 6 nitrogen and oxygen atoms in total. The molecule has 0 aliphatic heterocycles.